The molecule has 8 rings (SSSR count). The number of aliphatic hydroxyl groups is 2. The summed E-state index contributed by atoms with van der Waals surface area (Å²) in [6.07, 6.45) is 2.09. The largest absolute Gasteiger partial charge is 0.442 e. The molecule has 0 aromatic carbocycles. The van der Waals surface area contributed by atoms with Crippen molar-refractivity contribution in [2.24, 2.45) is 22.3 Å². The van der Waals surface area contributed by atoms with Crippen molar-refractivity contribution in [3.05, 3.63) is 35.0 Å². The van der Waals surface area contributed by atoms with Gasteiger partial charge in [-0.1, -0.05) is 10.3 Å². The minimum absolute atomic E-state index is 0.198. The first-order chi connectivity index (χ1) is 24.5. The standard InChI is InChI=1S/C30H44N10O10S/c31-5-7-33-13-21(41)23-9-17(35-47-23)19-11-29(1-2-29)25-15-37(19)27(43)39(25)49-51(45,46)50-40-26-16-38(28(40)44)20(12-30(26)3-4-30)18-10-24(48-36-18)22(42)14-34-8-6-32/h9-10,19-22,25-26,33-34,41-42H,1-8,11-16,31-32H2/t19-,20-,21?,22?,25-,26-/m0/s1. The molecule has 2 aliphatic carbocycles. The topological polar surface area (TPSA) is 268 Å². The fourth-order valence-electron chi connectivity index (χ4n) is 8.29. The Morgan fingerprint density at radius 1 is 0.804 bits per heavy atom. The third kappa shape index (κ3) is 6.16. The lowest BCUT2D eigenvalue weighted by molar-refractivity contribution is -0.101. The number of amides is 4. The molecule has 280 valence electrons. The van der Waals surface area contributed by atoms with Crippen LogP contribution >= 0.6 is 0 Å². The Balaban J connectivity index is 0.951. The molecule has 4 aliphatic heterocycles. The summed E-state index contributed by atoms with van der Waals surface area (Å²) in [5.74, 6) is 0.475. The highest BCUT2D eigenvalue weighted by Crippen LogP contribution is 2.63. The summed E-state index contributed by atoms with van der Waals surface area (Å²) in [7, 11) is -4.95. The number of urea groups is 2. The Morgan fingerprint density at radius 2 is 1.22 bits per heavy atom. The van der Waals surface area contributed by atoms with E-state index in [0.717, 1.165) is 35.8 Å². The van der Waals surface area contributed by atoms with Crippen molar-refractivity contribution in [3.63, 3.8) is 0 Å². The summed E-state index contributed by atoms with van der Waals surface area (Å²) in [4.78, 5) is 30.5. The van der Waals surface area contributed by atoms with Crippen LogP contribution in [0.5, 0.6) is 0 Å². The van der Waals surface area contributed by atoms with Gasteiger partial charge in [-0.2, -0.15) is 18.5 Å². The molecule has 2 unspecified atom stereocenters. The second kappa shape index (κ2) is 12.9. The molecule has 2 saturated carbocycles. The number of rotatable bonds is 16. The summed E-state index contributed by atoms with van der Waals surface area (Å²) in [6, 6.07) is -0.278. The molecule has 6 aliphatic rings. The van der Waals surface area contributed by atoms with Gasteiger partial charge in [-0.3, -0.25) is 0 Å². The van der Waals surface area contributed by atoms with E-state index in [4.69, 9.17) is 29.1 Å². The monoisotopic (exact) mass is 736 g/mol. The molecule has 21 heteroatoms. The lowest BCUT2D eigenvalue weighted by atomic mass is 9.84. The number of hydroxylamine groups is 4. The van der Waals surface area contributed by atoms with E-state index < -0.39 is 69.7 Å². The first-order valence-electron chi connectivity index (χ1n) is 17.4. The van der Waals surface area contributed by atoms with Gasteiger partial charge in [-0.15, -0.1) is 8.57 Å². The molecule has 6 fully saturated rings. The molecule has 2 spiro atoms. The molecule has 4 saturated heterocycles. The minimum atomic E-state index is -4.95. The quantitative estimate of drug-likeness (QED) is 0.116. The van der Waals surface area contributed by atoms with Gasteiger partial charge in [-0.25, -0.2) is 9.59 Å². The molecule has 51 heavy (non-hydrogen) atoms. The van der Waals surface area contributed by atoms with Crippen LogP contribution in [0.2, 0.25) is 0 Å². The van der Waals surface area contributed by atoms with Gasteiger partial charge in [0.2, 0.25) is 0 Å². The fourth-order valence-corrected chi connectivity index (χ4v) is 9.04. The van der Waals surface area contributed by atoms with Crippen molar-refractivity contribution in [2.75, 3.05) is 52.4 Å². The van der Waals surface area contributed by atoms with E-state index in [-0.39, 0.29) is 37.7 Å². The Bertz CT molecular complexity index is 1630. The predicted octanol–water partition coefficient (Wildman–Crippen LogP) is -0.703. The van der Waals surface area contributed by atoms with Gasteiger partial charge < -0.3 is 51.2 Å². The number of hydrogen-bond acceptors (Lipinski definition) is 16. The summed E-state index contributed by atoms with van der Waals surface area (Å²) in [5.41, 5.74) is 11.1. The maximum absolute atomic E-state index is 13.7. The van der Waals surface area contributed by atoms with Crippen LogP contribution in [-0.2, 0) is 19.0 Å². The third-order valence-corrected chi connectivity index (χ3v) is 12.1. The molecule has 2 aromatic heterocycles. The van der Waals surface area contributed by atoms with Crippen LogP contribution in [-0.4, -0.2) is 125 Å². The Kier molecular flexibility index (Phi) is 8.78. The predicted molar refractivity (Wildman–Crippen MR) is 171 cm³/mol. The smallest absolute Gasteiger partial charge is 0.384 e. The molecule has 6 atom stereocenters. The van der Waals surface area contributed by atoms with Crippen LogP contribution in [0.1, 0.15) is 85.7 Å². The number of hydrogen-bond donors (Lipinski definition) is 6. The third-order valence-electron chi connectivity index (χ3n) is 11.4. The van der Waals surface area contributed by atoms with E-state index >= 15 is 0 Å². The van der Waals surface area contributed by atoms with Gasteiger partial charge in [0.15, 0.2) is 11.5 Å². The Labute approximate surface area is 293 Å². The zero-order chi connectivity index (χ0) is 35.7. The van der Waals surface area contributed by atoms with E-state index in [1.165, 1.54) is 9.80 Å². The van der Waals surface area contributed by atoms with E-state index in [2.05, 4.69) is 20.9 Å². The maximum Gasteiger partial charge on any atom is 0.442 e. The highest BCUT2D eigenvalue weighted by Gasteiger charge is 2.66. The highest BCUT2D eigenvalue weighted by atomic mass is 32.3. The number of nitrogens with two attached hydrogens (primary N) is 2. The molecule has 8 N–H and O–H groups in total. The van der Waals surface area contributed by atoms with Crippen LogP contribution < -0.4 is 22.1 Å². The zero-order valence-electron chi connectivity index (χ0n) is 27.9. The molecule has 6 heterocycles. The second-order valence-electron chi connectivity index (χ2n) is 14.6. The van der Waals surface area contributed by atoms with E-state index in [0.29, 0.717) is 50.4 Å². The van der Waals surface area contributed by atoms with Crippen LogP contribution in [0.3, 0.4) is 0 Å². The van der Waals surface area contributed by atoms with Crippen LogP contribution in [0.4, 0.5) is 9.59 Å². The molecule has 4 amide bonds. The van der Waals surface area contributed by atoms with E-state index in [1.54, 1.807) is 12.1 Å². The van der Waals surface area contributed by atoms with Crippen LogP contribution in [0.15, 0.2) is 21.2 Å². The van der Waals surface area contributed by atoms with E-state index in [1.807, 2.05) is 0 Å². The number of carbonyl (C=O) groups is 2. The summed E-state index contributed by atoms with van der Waals surface area (Å²) < 4.78 is 48.8. The molecular weight excluding hydrogens is 692 g/mol. The zero-order valence-corrected chi connectivity index (χ0v) is 28.7. The maximum atomic E-state index is 13.7. The van der Waals surface area contributed by atoms with Crippen molar-refractivity contribution in [1.82, 2.24) is 40.9 Å². The number of piperidine rings is 2. The number of fused-ring (bicyclic) bond motifs is 6. The SMILES string of the molecule is NCCNCC(O)c1cc([C@@H]2CC3(CC3)[C@@H]3CN2C(=O)N3OS(=O)(=O)ON2C(=O)N3C[C@H]2C2(CC2)C[C@H]3c2cc(C(O)CNCCN)on2)no1. The first-order valence-corrected chi connectivity index (χ1v) is 18.8. The minimum Gasteiger partial charge on any atom is -0.384 e. The lowest BCUT2D eigenvalue weighted by Gasteiger charge is -2.36. The molecule has 0 radical (unpaired) electrons. The number of carbonyl (C=O) groups excluding carboxylic acids is 2. The molecular formula is C30H44N10O10S. The fraction of sp³-hybridized carbons (Fsp3) is 0.733. The van der Waals surface area contributed by atoms with Gasteiger partial charge in [0, 0.05) is 64.5 Å². The van der Waals surface area contributed by atoms with Crippen LogP contribution in [0, 0.1) is 10.8 Å². The average Bonchev–Trinajstić information content (AvgIpc) is 3.79. The Hall–Kier alpha value is -3.41. The number of nitrogens with one attached hydrogen (secondary N) is 2. The van der Waals surface area contributed by atoms with Gasteiger partial charge in [0.25, 0.3) is 0 Å². The lowest BCUT2D eigenvalue weighted by Crippen LogP contribution is -2.45. The number of aromatic nitrogens is 2. The van der Waals surface area contributed by atoms with Crippen molar-refractivity contribution in [3.8, 4) is 0 Å². The highest BCUT2D eigenvalue weighted by molar-refractivity contribution is 7.81. The first kappa shape index (κ1) is 34.7. The number of aliphatic hydroxyl groups excluding tert-OH is 2. The van der Waals surface area contributed by atoms with Crippen LogP contribution in [0.25, 0.3) is 0 Å². The molecule has 4 bridgehead atoms. The average molecular weight is 737 g/mol. The summed E-state index contributed by atoms with van der Waals surface area (Å²) >= 11 is 0. The molecule has 2 aromatic rings. The van der Waals surface area contributed by atoms with Gasteiger partial charge >= 0.3 is 22.5 Å². The van der Waals surface area contributed by atoms with Crippen molar-refractivity contribution in [2.45, 2.75) is 74.9 Å². The van der Waals surface area contributed by atoms with Crippen molar-refractivity contribution >= 4 is 22.5 Å². The van der Waals surface area contributed by atoms with E-state index in [9.17, 15) is 28.2 Å². The molecule has 20 nitrogen and oxygen atoms in total. The van der Waals surface area contributed by atoms with Gasteiger partial charge in [-0.05, 0) is 49.4 Å². The van der Waals surface area contributed by atoms with Gasteiger partial charge in [0.1, 0.15) is 23.6 Å². The Morgan fingerprint density at radius 3 is 1.59 bits per heavy atom. The second-order valence-corrected chi connectivity index (χ2v) is 15.7. The van der Waals surface area contributed by atoms with Crippen molar-refractivity contribution < 1.29 is 45.8 Å². The van der Waals surface area contributed by atoms with Gasteiger partial charge in [0.05, 0.1) is 24.2 Å². The summed E-state index contributed by atoms with van der Waals surface area (Å²) in [5, 5.41) is 37.1. The normalized spacial score (nSPS) is 28.4. The summed E-state index contributed by atoms with van der Waals surface area (Å²) in [6.45, 7) is 2.69. The number of nitrogens with zero attached hydrogens (tertiary/aromatic N) is 6. The van der Waals surface area contributed by atoms with Crippen molar-refractivity contribution in [1.29, 1.82) is 0 Å².